The second kappa shape index (κ2) is 11.6. The summed E-state index contributed by atoms with van der Waals surface area (Å²) in [7, 11) is 1.91. The molecule has 0 N–H and O–H groups in total. The first kappa shape index (κ1) is 25.2. The fraction of sp³-hybridized carbons (Fsp3) is 0.370. The van der Waals surface area contributed by atoms with Gasteiger partial charge in [-0.2, -0.15) is 11.3 Å². The first-order valence-corrected chi connectivity index (χ1v) is 12.6. The standard InChI is InChI=1S/C27H34N2O2S2/c1-6-29(19-21-14-17-33-20-21)15-16-30-25-9-7-8-23(18-25)28(5)26(32)31-24-12-10-22(11-13-24)27(2,3)4/h7-14,17-18,20H,6,15-16,19H2,1-5H3. The molecule has 0 atom stereocenters. The number of benzene rings is 2. The summed E-state index contributed by atoms with van der Waals surface area (Å²) in [5.74, 6) is 1.56. The van der Waals surface area contributed by atoms with Crippen LogP contribution in [-0.4, -0.2) is 36.8 Å². The van der Waals surface area contributed by atoms with Crippen molar-refractivity contribution < 1.29 is 9.47 Å². The van der Waals surface area contributed by atoms with Crippen LogP contribution in [0.2, 0.25) is 0 Å². The van der Waals surface area contributed by atoms with Crippen LogP contribution in [0.3, 0.4) is 0 Å². The number of ether oxygens (including phenoxy) is 2. The highest BCUT2D eigenvalue weighted by atomic mass is 32.1. The van der Waals surface area contributed by atoms with Crippen molar-refractivity contribution in [1.29, 1.82) is 0 Å². The van der Waals surface area contributed by atoms with Crippen molar-refractivity contribution in [2.45, 2.75) is 39.7 Å². The van der Waals surface area contributed by atoms with Crippen LogP contribution in [0.15, 0.2) is 65.4 Å². The first-order chi connectivity index (χ1) is 15.8. The van der Waals surface area contributed by atoms with Gasteiger partial charge in [0.1, 0.15) is 18.1 Å². The van der Waals surface area contributed by atoms with Gasteiger partial charge in [0.2, 0.25) is 0 Å². The molecule has 0 radical (unpaired) electrons. The number of likely N-dealkylation sites (N-methyl/N-ethyl adjacent to an activating group) is 1. The third-order valence-corrected chi connectivity index (χ3v) is 6.60. The van der Waals surface area contributed by atoms with E-state index < -0.39 is 0 Å². The Hall–Kier alpha value is -2.41. The minimum atomic E-state index is 0.105. The van der Waals surface area contributed by atoms with Crippen LogP contribution in [0.1, 0.15) is 38.8 Å². The van der Waals surface area contributed by atoms with E-state index in [1.54, 1.807) is 11.3 Å². The van der Waals surface area contributed by atoms with Gasteiger partial charge in [-0.15, -0.1) is 0 Å². The molecule has 0 aliphatic rings. The Morgan fingerprint density at radius 3 is 2.42 bits per heavy atom. The van der Waals surface area contributed by atoms with Gasteiger partial charge in [0.25, 0.3) is 5.17 Å². The zero-order valence-electron chi connectivity index (χ0n) is 20.2. The van der Waals surface area contributed by atoms with Crippen LogP contribution in [0.4, 0.5) is 5.69 Å². The van der Waals surface area contributed by atoms with Crippen LogP contribution in [-0.2, 0) is 12.0 Å². The lowest BCUT2D eigenvalue weighted by Gasteiger charge is -2.22. The van der Waals surface area contributed by atoms with Gasteiger partial charge in [-0.05, 0) is 76.4 Å². The number of thiocarbonyl (C=S) groups is 1. The molecule has 6 heteroatoms. The van der Waals surface area contributed by atoms with Gasteiger partial charge >= 0.3 is 0 Å². The Balaban J connectivity index is 1.53. The number of anilines is 1. The summed E-state index contributed by atoms with van der Waals surface area (Å²) in [6.07, 6.45) is 0. The van der Waals surface area contributed by atoms with Crippen LogP contribution in [0, 0.1) is 0 Å². The van der Waals surface area contributed by atoms with Crippen molar-refractivity contribution in [3.63, 3.8) is 0 Å². The Morgan fingerprint density at radius 2 is 1.79 bits per heavy atom. The molecular weight excluding hydrogens is 448 g/mol. The zero-order valence-corrected chi connectivity index (χ0v) is 21.8. The van der Waals surface area contributed by atoms with E-state index in [0.717, 1.165) is 36.8 Å². The van der Waals surface area contributed by atoms with E-state index in [1.807, 2.05) is 48.3 Å². The SMILES string of the molecule is CCN(CCOc1cccc(N(C)C(=S)Oc2ccc(C(C)(C)C)cc2)c1)Cc1ccsc1. The molecule has 0 saturated carbocycles. The van der Waals surface area contributed by atoms with Crippen LogP contribution >= 0.6 is 23.6 Å². The number of nitrogens with zero attached hydrogens (tertiary/aromatic N) is 2. The van der Waals surface area contributed by atoms with Crippen molar-refractivity contribution in [2.24, 2.45) is 0 Å². The van der Waals surface area contributed by atoms with Gasteiger partial charge in [-0.1, -0.05) is 45.9 Å². The Bertz CT molecular complexity index is 1010. The molecule has 2 aromatic carbocycles. The predicted molar refractivity (Wildman–Crippen MR) is 144 cm³/mol. The van der Waals surface area contributed by atoms with Crippen molar-refractivity contribution >= 4 is 34.4 Å². The number of hydrogen-bond acceptors (Lipinski definition) is 5. The van der Waals surface area contributed by atoms with Gasteiger partial charge in [-0.3, -0.25) is 4.90 Å². The van der Waals surface area contributed by atoms with Gasteiger partial charge in [-0.25, -0.2) is 0 Å². The summed E-state index contributed by atoms with van der Waals surface area (Å²) in [4.78, 5) is 4.24. The molecule has 0 aliphatic heterocycles. The molecule has 0 unspecified atom stereocenters. The maximum atomic E-state index is 6.04. The maximum absolute atomic E-state index is 6.04. The summed E-state index contributed by atoms with van der Waals surface area (Å²) < 4.78 is 12.0. The van der Waals surface area contributed by atoms with E-state index >= 15 is 0 Å². The summed E-state index contributed by atoms with van der Waals surface area (Å²) in [6, 6.07) is 18.2. The molecule has 33 heavy (non-hydrogen) atoms. The molecule has 0 bridgehead atoms. The zero-order chi connectivity index (χ0) is 23.8. The Morgan fingerprint density at radius 1 is 1.03 bits per heavy atom. The van der Waals surface area contributed by atoms with E-state index in [9.17, 15) is 0 Å². The summed E-state index contributed by atoms with van der Waals surface area (Å²) >= 11 is 7.28. The molecule has 0 fully saturated rings. The van der Waals surface area contributed by atoms with E-state index in [1.165, 1.54) is 11.1 Å². The normalized spacial score (nSPS) is 11.5. The maximum Gasteiger partial charge on any atom is 0.269 e. The highest BCUT2D eigenvalue weighted by Crippen LogP contribution is 2.25. The van der Waals surface area contributed by atoms with Gasteiger partial charge in [0.15, 0.2) is 0 Å². The van der Waals surface area contributed by atoms with E-state index in [-0.39, 0.29) is 5.41 Å². The van der Waals surface area contributed by atoms with Crippen LogP contribution < -0.4 is 14.4 Å². The van der Waals surface area contributed by atoms with Crippen LogP contribution in [0.5, 0.6) is 11.5 Å². The molecule has 4 nitrogen and oxygen atoms in total. The lowest BCUT2D eigenvalue weighted by molar-refractivity contribution is 0.210. The van der Waals surface area contributed by atoms with Gasteiger partial charge < -0.3 is 14.4 Å². The molecule has 176 valence electrons. The van der Waals surface area contributed by atoms with Crippen LogP contribution in [0.25, 0.3) is 0 Å². The number of thiophene rings is 1. The molecule has 0 aliphatic carbocycles. The van der Waals surface area contributed by atoms with Crippen molar-refractivity contribution in [2.75, 3.05) is 31.6 Å². The molecule has 1 heterocycles. The number of hydrogen-bond donors (Lipinski definition) is 0. The summed E-state index contributed by atoms with van der Waals surface area (Å²) in [5, 5.41) is 4.72. The smallest absolute Gasteiger partial charge is 0.269 e. The fourth-order valence-electron chi connectivity index (χ4n) is 3.36. The lowest BCUT2D eigenvalue weighted by atomic mass is 9.87. The fourth-order valence-corrected chi connectivity index (χ4v) is 4.22. The lowest BCUT2D eigenvalue weighted by Crippen LogP contribution is -2.29. The van der Waals surface area contributed by atoms with Gasteiger partial charge in [0.05, 0.1) is 0 Å². The van der Waals surface area contributed by atoms with Gasteiger partial charge in [0, 0.05) is 31.9 Å². The Labute approximate surface area is 207 Å². The summed E-state index contributed by atoms with van der Waals surface area (Å²) in [5.41, 5.74) is 3.64. The minimum absolute atomic E-state index is 0.105. The number of rotatable bonds is 9. The second-order valence-electron chi connectivity index (χ2n) is 9.05. The molecule has 3 aromatic rings. The molecule has 3 rings (SSSR count). The van der Waals surface area contributed by atoms with Crippen molar-refractivity contribution in [3.8, 4) is 11.5 Å². The molecular formula is C27H34N2O2S2. The topological polar surface area (TPSA) is 24.9 Å². The predicted octanol–water partition coefficient (Wildman–Crippen LogP) is 6.75. The van der Waals surface area contributed by atoms with Crippen molar-refractivity contribution in [1.82, 2.24) is 4.90 Å². The average Bonchev–Trinajstić information content (AvgIpc) is 3.31. The van der Waals surface area contributed by atoms with Crippen molar-refractivity contribution in [3.05, 3.63) is 76.5 Å². The highest BCUT2D eigenvalue weighted by Gasteiger charge is 2.15. The Kier molecular flexibility index (Phi) is 8.89. The minimum Gasteiger partial charge on any atom is -0.492 e. The summed E-state index contributed by atoms with van der Waals surface area (Å²) in [6.45, 7) is 12.2. The molecule has 0 amide bonds. The largest absolute Gasteiger partial charge is 0.492 e. The van der Waals surface area contributed by atoms with E-state index in [4.69, 9.17) is 21.7 Å². The third kappa shape index (κ3) is 7.56. The average molecular weight is 483 g/mol. The quantitative estimate of drug-likeness (QED) is 0.314. The first-order valence-electron chi connectivity index (χ1n) is 11.3. The molecule has 1 aromatic heterocycles. The molecule has 0 saturated heterocycles. The highest BCUT2D eigenvalue weighted by molar-refractivity contribution is 7.80. The van der Waals surface area contributed by atoms with E-state index in [2.05, 4.69) is 61.6 Å². The third-order valence-electron chi connectivity index (χ3n) is 5.51. The monoisotopic (exact) mass is 482 g/mol. The second-order valence-corrected chi connectivity index (χ2v) is 10.2. The van der Waals surface area contributed by atoms with E-state index in [0.29, 0.717) is 11.8 Å². The molecule has 0 spiro atoms.